The van der Waals surface area contributed by atoms with E-state index in [2.05, 4.69) is 4.72 Å². The summed E-state index contributed by atoms with van der Waals surface area (Å²) in [5, 5.41) is 18.1. The van der Waals surface area contributed by atoms with E-state index in [4.69, 9.17) is 10.2 Å². The minimum atomic E-state index is -3.79. The summed E-state index contributed by atoms with van der Waals surface area (Å²) in [7, 11) is -3.79. The molecule has 0 spiro atoms. The van der Waals surface area contributed by atoms with Crippen LogP contribution in [0.3, 0.4) is 0 Å². The van der Waals surface area contributed by atoms with Crippen LogP contribution in [-0.2, 0) is 10.0 Å². The van der Waals surface area contributed by atoms with Crippen molar-refractivity contribution in [1.29, 1.82) is 0 Å². The molecule has 1 saturated carbocycles. The quantitative estimate of drug-likeness (QED) is 0.692. The topological polar surface area (TPSA) is 109 Å². The molecule has 0 aromatic carbocycles. The Hall–Kier alpha value is -1.38. The first-order valence-corrected chi connectivity index (χ1v) is 7.42. The molecule has 0 amide bonds. The summed E-state index contributed by atoms with van der Waals surface area (Å²) in [6.45, 7) is 1.35. The molecule has 0 bridgehead atoms. The molecular weight excluding hydrogens is 272 g/mol. The maximum Gasteiger partial charge on any atom is 0.352 e. The lowest BCUT2D eigenvalue weighted by atomic mass is 10.4. The van der Waals surface area contributed by atoms with Crippen molar-refractivity contribution in [2.24, 2.45) is 0 Å². The van der Waals surface area contributed by atoms with E-state index in [0.717, 1.165) is 18.9 Å². The Morgan fingerprint density at radius 3 is 2.68 bits per heavy atom. The van der Waals surface area contributed by atoms with Gasteiger partial charge in [0.25, 0.3) is 0 Å². The third kappa shape index (κ3) is 3.14. The molecule has 0 radical (unpaired) electrons. The SMILES string of the molecule is C[C@@H](O)CNS(=O)(=O)c1cc(C(=O)O)n(C2CC2)c1. The Kier molecular flexibility index (Phi) is 3.66. The van der Waals surface area contributed by atoms with Gasteiger partial charge in [-0.15, -0.1) is 0 Å². The van der Waals surface area contributed by atoms with Crippen molar-refractivity contribution in [1.82, 2.24) is 9.29 Å². The Morgan fingerprint density at radius 2 is 2.21 bits per heavy atom. The van der Waals surface area contributed by atoms with Crippen LogP contribution in [0.5, 0.6) is 0 Å². The van der Waals surface area contributed by atoms with E-state index in [1.807, 2.05) is 0 Å². The molecule has 1 aliphatic rings. The molecule has 0 unspecified atom stereocenters. The fourth-order valence-electron chi connectivity index (χ4n) is 1.74. The average molecular weight is 288 g/mol. The van der Waals surface area contributed by atoms with Crippen molar-refractivity contribution in [3.8, 4) is 0 Å². The number of nitrogens with one attached hydrogen (secondary N) is 1. The lowest BCUT2D eigenvalue weighted by Gasteiger charge is -2.06. The van der Waals surface area contributed by atoms with Gasteiger partial charge in [-0.3, -0.25) is 0 Å². The number of aromatic nitrogens is 1. The molecule has 7 nitrogen and oxygen atoms in total. The second kappa shape index (κ2) is 4.95. The van der Waals surface area contributed by atoms with Gasteiger partial charge in [0.2, 0.25) is 10.0 Å². The summed E-state index contributed by atoms with van der Waals surface area (Å²) in [5.74, 6) is -1.15. The van der Waals surface area contributed by atoms with Gasteiger partial charge in [-0.2, -0.15) is 0 Å². The molecule has 8 heteroatoms. The number of aliphatic hydroxyl groups is 1. The second-order valence-corrected chi connectivity index (χ2v) is 6.47. The second-order valence-electron chi connectivity index (χ2n) is 4.71. The first kappa shape index (κ1) is 14.0. The number of carboxylic acids is 1. The van der Waals surface area contributed by atoms with Crippen LogP contribution in [-0.4, -0.2) is 41.8 Å². The van der Waals surface area contributed by atoms with Gasteiger partial charge < -0.3 is 14.8 Å². The van der Waals surface area contributed by atoms with Crippen molar-refractivity contribution in [3.63, 3.8) is 0 Å². The van der Waals surface area contributed by atoms with E-state index in [-0.39, 0.29) is 23.2 Å². The normalized spacial score (nSPS) is 17.4. The number of aliphatic hydroxyl groups excluding tert-OH is 1. The number of hydrogen-bond donors (Lipinski definition) is 3. The van der Waals surface area contributed by atoms with Gasteiger partial charge in [0.1, 0.15) is 10.6 Å². The molecule has 0 aliphatic heterocycles. The van der Waals surface area contributed by atoms with Crippen LogP contribution in [0.1, 0.15) is 36.3 Å². The number of carboxylic acid groups (broad SMARTS) is 1. The predicted octanol–water partition coefficient (Wildman–Crippen LogP) is 0.180. The lowest BCUT2D eigenvalue weighted by Crippen LogP contribution is -2.30. The van der Waals surface area contributed by atoms with Crippen LogP contribution >= 0.6 is 0 Å². The molecule has 1 aliphatic carbocycles. The van der Waals surface area contributed by atoms with Gasteiger partial charge in [0.05, 0.1) is 6.10 Å². The summed E-state index contributed by atoms with van der Waals surface area (Å²) in [4.78, 5) is 11.0. The molecule has 106 valence electrons. The maximum absolute atomic E-state index is 11.9. The summed E-state index contributed by atoms with van der Waals surface area (Å²) in [6.07, 6.45) is 2.25. The molecule has 2 rings (SSSR count). The number of sulfonamides is 1. The Balaban J connectivity index is 2.29. The van der Waals surface area contributed by atoms with Crippen molar-refractivity contribution in [2.75, 3.05) is 6.54 Å². The molecule has 1 aromatic heterocycles. The van der Waals surface area contributed by atoms with E-state index >= 15 is 0 Å². The minimum absolute atomic E-state index is 0.0279. The average Bonchev–Trinajstić information content (AvgIpc) is 3.04. The zero-order valence-corrected chi connectivity index (χ0v) is 11.2. The molecular formula is C11H16N2O5S. The molecule has 19 heavy (non-hydrogen) atoms. The summed E-state index contributed by atoms with van der Waals surface area (Å²) >= 11 is 0. The van der Waals surface area contributed by atoms with Gasteiger partial charge >= 0.3 is 5.97 Å². The van der Waals surface area contributed by atoms with Crippen LogP contribution in [0.25, 0.3) is 0 Å². The number of carbonyl (C=O) groups is 1. The maximum atomic E-state index is 11.9. The van der Waals surface area contributed by atoms with Gasteiger partial charge in [-0.25, -0.2) is 17.9 Å². The minimum Gasteiger partial charge on any atom is -0.477 e. The third-order valence-corrected chi connectivity index (χ3v) is 4.25. The third-order valence-electron chi connectivity index (χ3n) is 2.86. The van der Waals surface area contributed by atoms with Crippen molar-refractivity contribution >= 4 is 16.0 Å². The van der Waals surface area contributed by atoms with E-state index in [1.165, 1.54) is 17.7 Å². The smallest absolute Gasteiger partial charge is 0.352 e. The number of nitrogens with zero attached hydrogens (tertiary/aromatic N) is 1. The number of rotatable bonds is 6. The fourth-order valence-corrected chi connectivity index (χ4v) is 2.89. The predicted molar refractivity (Wildman–Crippen MR) is 66.5 cm³/mol. The van der Waals surface area contributed by atoms with Crippen LogP contribution in [0.2, 0.25) is 0 Å². The largest absolute Gasteiger partial charge is 0.477 e. The Labute approximate surface area is 110 Å². The van der Waals surface area contributed by atoms with Crippen LogP contribution in [0.4, 0.5) is 0 Å². The van der Waals surface area contributed by atoms with Gasteiger partial charge in [0, 0.05) is 18.8 Å². The van der Waals surface area contributed by atoms with E-state index in [1.54, 1.807) is 0 Å². The first-order chi connectivity index (χ1) is 8.81. The Morgan fingerprint density at radius 1 is 1.58 bits per heavy atom. The monoisotopic (exact) mass is 288 g/mol. The number of aromatic carboxylic acids is 1. The fraction of sp³-hybridized carbons (Fsp3) is 0.545. The van der Waals surface area contributed by atoms with E-state index in [9.17, 15) is 13.2 Å². The standard InChI is InChI=1S/C11H16N2O5S/c1-7(14)5-12-19(17,18)9-4-10(11(15)16)13(6-9)8-2-3-8/h4,6-8,12,14H,2-3,5H2,1H3,(H,15,16)/t7-/m1/s1. The highest BCUT2D eigenvalue weighted by molar-refractivity contribution is 7.89. The Bertz CT molecular complexity index is 586. The van der Waals surface area contributed by atoms with Gasteiger partial charge in [-0.05, 0) is 25.8 Å². The van der Waals surface area contributed by atoms with E-state index in [0.29, 0.717) is 0 Å². The van der Waals surface area contributed by atoms with Crippen molar-refractivity contribution in [3.05, 3.63) is 18.0 Å². The van der Waals surface area contributed by atoms with Crippen LogP contribution < -0.4 is 4.72 Å². The van der Waals surface area contributed by atoms with Crippen LogP contribution in [0.15, 0.2) is 17.2 Å². The van der Waals surface area contributed by atoms with Gasteiger partial charge in [0.15, 0.2) is 0 Å². The molecule has 3 N–H and O–H groups in total. The summed E-state index contributed by atoms with van der Waals surface area (Å²) < 4.78 is 27.6. The zero-order chi connectivity index (χ0) is 14.2. The van der Waals surface area contributed by atoms with Crippen molar-refractivity contribution in [2.45, 2.75) is 36.8 Å². The first-order valence-electron chi connectivity index (χ1n) is 5.94. The summed E-state index contributed by atoms with van der Waals surface area (Å²) in [5.41, 5.74) is -0.0279. The van der Waals surface area contributed by atoms with Crippen LogP contribution in [0, 0.1) is 0 Å². The molecule has 1 aromatic rings. The highest BCUT2D eigenvalue weighted by Crippen LogP contribution is 2.37. The van der Waals surface area contributed by atoms with E-state index < -0.39 is 22.1 Å². The van der Waals surface area contributed by atoms with Gasteiger partial charge in [-0.1, -0.05) is 0 Å². The number of hydrogen-bond acceptors (Lipinski definition) is 4. The highest BCUT2D eigenvalue weighted by atomic mass is 32.2. The summed E-state index contributed by atoms with van der Waals surface area (Å²) in [6, 6.07) is 1.22. The molecule has 1 fully saturated rings. The molecule has 0 saturated heterocycles. The highest BCUT2D eigenvalue weighted by Gasteiger charge is 2.30. The molecule has 1 heterocycles. The zero-order valence-electron chi connectivity index (χ0n) is 10.4. The molecule has 1 atom stereocenters. The lowest BCUT2D eigenvalue weighted by molar-refractivity contribution is 0.0685. The van der Waals surface area contributed by atoms with Crippen molar-refractivity contribution < 1.29 is 23.4 Å².